The number of hydrogen-bond donors (Lipinski definition) is 2. The molecule has 0 aliphatic carbocycles. The number of likely N-dealkylation sites (tertiary alicyclic amines) is 1. The Kier molecular flexibility index (Phi) is 12.6. The van der Waals surface area contributed by atoms with Crippen LogP contribution in [0.3, 0.4) is 0 Å². The Morgan fingerprint density at radius 1 is 1.04 bits per heavy atom. The summed E-state index contributed by atoms with van der Waals surface area (Å²) in [5.41, 5.74) is -0.322. The minimum Gasteiger partial charge on any atom is -0.443 e. The summed E-state index contributed by atoms with van der Waals surface area (Å²) in [6, 6.07) is 13.1. The first-order chi connectivity index (χ1) is 24.4. The molecule has 5 amide bonds. The van der Waals surface area contributed by atoms with Crippen molar-refractivity contribution in [1.29, 1.82) is 5.26 Å². The smallest absolute Gasteiger partial charge is 0.420 e. The van der Waals surface area contributed by atoms with Gasteiger partial charge in [-0.1, -0.05) is 12.1 Å². The number of morpholine rings is 1. The monoisotopic (exact) mass is 721 g/mol. The predicted octanol–water partition coefficient (Wildman–Crippen LogP) is 3.75. The van der Waals surface area contributed by atoms with Crippen LogP contribution in [0.2, 0.25) is 0 Å². The third-order valence-corrected chi connectivity index (χ3v) is 8.14. The fourth-order valence-electron chi connectivity index (χ4n) is 5.63. The number of nitrogens with one attached hydrogen (secondary N) is 1. The SMILES string of the molecule is CO[C@@H]1CCN(C(=O)Cc2cccc(N3CCO[C@H]([C@@H](O)C(=O)Nc4ccc(C#N)c(CN(C(=O)OC(C)(C)C)C(=O)OC(C)(C)C)c4)C3=O)c2)C1. The molecule has 0 radical (unpaired) electrons. The van der Waals surface area contributed by atoms with E-state index in [0.29, 0.717) is 29.2 Å². The highest BCUT2D eigenvalue weighted by atomic mass is 16.6. The van der Waals surface area contributed by atoms with Gasteiger partial charge in [0.25, 0.3) is 11.8 Å². The van der Waals surface area contributed by atoms with Crippen molar-refractivity contribution in [3.8, 4) is 6.07 Å². The highest BCUT2D eigenvalue weighted by Gasteiger charge is 2.40. The van der Waals surface area contributed by atoms with E-state index in [1.807, 2.05) is 6.07 Å². The van der Waals surface area contributed by atoms with Crippen molar-refractivity contribution in [3.05, 3.63) is 59.2 Å². The number of rotatable bonds is 9. The normalized spacial score (nSPS) is 18.3. The molecule has 2 aliphatic heterocycles. The Balaban J connectivity index is 1.47. The molecule has 15 nitrogen and oxygen atoms in total. The third-order valence-electron chi connectivity index (χ3n) is 8.14. The van der Waals surface area contributed by atoms with E-state index in [9.17, 15) is 34.3 Å². The van der Waals surface area contributed by atoms with Crippen molar-refractivity contribution in [2.75, 3.05) is 43.6 Å². The van der Waals surface area contributed by atoms with E-state index >= 15 is 0 Å². The molecular formula is C37H47N5O10. The van der Waals surface area contributed by atoms with Gasteiger partial charge in [-0.2, -0.15) is 5.26 Å². The van der Waals surface area contributed by atoms with E-state index in [1.165, 1.54) is 23.1 Å². The van der Waals surface area contributed by atoms with Crippen LogP contribution in [-0.2, 0) is 46.3 Å². The van der Waals surface area contributed by atoms with Gasteiger partial charge < -0.3 is 39.2 Å². The zero-order chi connectivity index (χ0) is 38.4. The Hall–Kier alpha value is -5.04. The standard InChI is InChI=1S/C37H47N5O10/c1-36(2,3)51-34(47)42(35(48)52-37(4,5)6)21-25-19-26(12-11-24(25)20-38)39-32(45)30(44)31-33(46)41(15-16-50-31)27-10-8-9-23(17-27)18-29(43)40-14-13-28(22-40)49-7/h8-12,17,19,28,30-31,44H,13-16,18,21-22H2,1-7H3,(H,39,45)/t28-,30-,31-/m1/s1. The van der Waals surface area contributed by atoms with Crippen molar-refractivity contribution < 1.29 is 48.0 Å². The molecule has 0 aromatic heterocycles. The summed E-state index contributed by atoms with van der Waals surface area (Å²) < 4.78 is 21.7. The Labute approximate surface area is 303 Å². The minimum absolute atomic E-state index is 0.0134. The summed E-state index contributed by atoms with van der Waals surface area (Å²) in [5.74, 6) is -1.67. The van der Waals surface area contributed by atoms with Gasteiger partial charge in [0.1, 0.15) is 11.2 Å². The lowest BCUT2D eigenvalue weighted by atomic mass is 10.1. The maximum Gasteiger partial charge on any atom is 0.420 e. The molecule has 3 atom stereocenters. The number of aliphatic hydroxyl groups is 1. The second-order valence-electron chi connectivity index (χ2n) is 14.6. The van der Waals surface area contributed by atoms with Crippen molar-refractivity contribution >= 4 is 41.3 Å². The number of nitrogens with zero attached hydrogens (tertiary/aromatic N) is 4. The molecule has 2 saturated heterocycles. The number of benzene rings is 2. The Morgan fingerprint density at radius 3 is 2.31 bits per heavy atom. The third kappa shape index (κ3) is 10.5. The maximum absolute atomic E-state index is 13.6. The van der Waals surface area contributed by atoms with E-state index in [2.05, 4.69) is 5.32 Å². The average molecular weight is 722 g/mol. The molecular weight excluding hydrogens is 674 g/mol. The van der Waals surface area contributed by atoms with Crippen LogP contribution in [0.25, 0.3) is 0 Å². The highest BCUT2D eigenvalue weighted by Crippen LogP contribution is 2.25. The van der Waals surface area contributed by atoms with E-state index in [-0.39, 0.29) is 48.4 Å². The number of nitriles is 1. The molecule has 15 heteroatoms. The number of amides is 5. The zero-order valence-corrected chi connectivity index (χ0v) is 30.6. The van der Waals surface area contributed by atoms with Gasteiger partial charge in [0.2, 0.25) is 5.91 Å². The van der Waals surface area contributed by atoms with Crippen molar-refractivity contribution in [1.82, 2.24) is 9.80 Å². The molecule has 2 fully saturated rings. The molecule has 2 aliphatic rings. The van der Waals surface area contributed by atoms with Crippen LogP contribution in [0.5, 0.6) is 0 Å². The summed E-state index contributed by atoms with van der Waals surface area (Å²) in [7, 11) is 1.62. The first kappa shape index (κ1) is 39.7. The molecule has 280 valence electrons. The topological polar surface area (TPSA) is 188 Å². The number of methoxy groups -OCH3 is 1. The number of carbonyl (C=O) groups is 5. The molecule has 4 rings (SSSR count). The molecule has 0 spiro atoms. The lowest BCUT2D eigenvalue weighted by Crippen LogP contribution is -2.55. The number of anilines is 2. The fraction of sp³-hybridized carbons (Fsp3) is 0.514. The lowest BCUT2D eigenvalue weighted by molar-refractivity contribution is -0.150. The van der Waals surface area contributed by atoms with Gasteiger partial charge in [0.15, 0.2) is 12.2 Å². The van der Waals surface area contributed by atoms with Crippen LogP contribution in [0.1, 0.15) is 64.7 Å². The first-order valence-corrected chi connectivity index (χ1v) is 17.0. The molecule has 0 saturated carbocycles. The average Bonchev–Trinajstić information content (AvgIpc) is 3.55. The van der Waals surface area contributed by atoms with Crippen LogP contribution in [0.4, 0.5) is 21.0 Å². The predicted molar refractivity (Wildman–Crippen MR) is 188 cm³/mol. The largest absolute Gasteiger partial charge is 0.443 e. The van der Waals surface area contributed by atoms with Gasteiger partial charge in [-0.05, 0) is 89.4 Å². The van der Waals surface area contributed by atoms with Crippen LogP contribution in [0, 0.1) is 11.3 Å². The van der Waals surface area contributed by atoms with Gasteiger partial charge in [0.05, 0.1) is 37.3 Å². The quantitative estimate of drug-likeness (QED) is 0.384. The molecule has 0 bridgehead atoms. The first-order valence-electron chi connectivity index (χ1n) is 17.0. The highest BCUT2D eigenvalue weighted by molar-refractivity contribution is 6.04. The zero-order valence-electron chi connectivity index (χ0n) is 30.6. The van der Waals surface area contributed by atoms with Crippen LogP contribution in [-0.4, -0.2) is 108 Å². The van der Waals surface area contributed by atoms with Crippen molar-refractivity contribution in [2.24, 2.45) is 0 Å². The number of ether oxygens (including phenoxy) is 4. The summed E-state index contributed by atoms with van der Waals surface area (Å²) in [6.07, 6.45) is -4.55. The molecule has 2 aromatic carbocycles. The van der Waals surface area contributed by atoms with Crippen LogP contribution >= 0.6 is 0 Å². The van der Waals surface area contributed by atoms with E-state index in [4.69, 9.17) is 18.9 Å². The van der Waals surface area contributed by atoms with E-state index < -0.39 is 54.0 Å². The molecule has 2 heterocycles. The molecule has 0 unspecified atom stereocenters. The second kappa shape index (κ2) is 16.5. The Bertz CT molecular complexity index is 1680. The number of carbonyl (C=O) groups excluding carboxylic acids is 5. The molecule has 2 aromatic rings. The number of hydrogen-bond acceptors (Lipinski definition) is 11. The molecule has 52 heavy (non-hydrogen) atoms. The molecule has 2 N–H and O–H groups in total. The second-order valence-corrected chi connectivity index (χ2v) is 14.6. The maximum atomic E-state index is 13.6. The van der Waals surface area contributed by atoms with E-state index in [0.717, 1.165) is 6.42 Å². The van der Waals surface area contributed by atoms with Gasteiger partial charge in [-0.3, -0.25) is 14.4 Å². The Morgan fingerprint density at radius 2 is 1.71 bits per heavy atom. The van der Waals surface area contributed by atoms with Crippen molar-refractivity contribution in [2.45, 2.75) is 90.4 Å². The van der Waals surface area contributed by atoms with Crippen LogP contribution in [0.15, 0.2) is 42.5 Å². The lowest BCUT2D eigenvalue weighted by Gasteiger charge is -2.34. The fourth-order valence-corrected chi connectivity index (χ4v) is 5.63. The minimum atomic E-state index is -1.93. The van der Waals surface area contributed by atoms with Gasteiger partial charge in [-0.15, -0.1) is 0 Å². The van der Waals surface area contributed by atoms with E-state index in [1.54, 1.807) is 77.8 Å². The summed E-state index contributed by atoms with van der Waals surface area (Å²) in [6.45, 7) is 10.7. The van der Waals surface area contributed by atoms with Gasteiger partial charge in [-0.25, -0.2) is 14.5 Å². The number of imide groups is 1. The van der Waals surface area contributed by atoms with Crippen LogP contribution < -0.4 is 10.2 Å². The van der Waals surface area contributed by atoms with Crippen molar-refractivity contribution in [3.63, 3.8) is 0 Å². The summed E-state index contributed by atoms with van der Waals surface area (Å²) >= 11 is 0. The van der Waals surface area contributed by atoms with Gasteiger partial charge in [0, 0.05) is 38.1 Å². The summed E-state index contributed by atoms with van der Waals surface area (Å²) in [5, 5.41) is 23.3. The number of aliphatic hydroxyl groups excluding tert-OH is 1. The summed E-state index contributed by atoms with van der Waals surface area (Å²) in [4.78, 5) is 69.7. The van der Waals surface area contributed by atoms with Gasteiger partial charge >= 0.3 is 12.2 Å².